The fourth-order valence-electron chi connectivity index (χ4n) is 2.70. The van der Waals surface area contributed by atoms with Gasteiger partial charge in [-0.2, -0.15) is 0 Å². The van der Waals surface area contributed by atoms with E-state index in [4.69, 9.17) is 0 Å². The second-order valence-electron chi connectivity index (χ2n) is 5.66. The number of nitrogens with zero attached hydrogens (tertiary/aromatic N) is 1. The number of rotatable bonds is 6. The Hall–Kier alpha value is -0.900. The fourth-order valence-corrected chi connectivity index (χ4v) is 2.70. The van der Waals surface area contributed by atoms with Gasteiger partial charge in [-0.25, -0.2) is 0 Å². The van der Waals surface area contributed by atoms with E-state index in [0.717, 1.165) is 25.3 Å². The molecule has 0 aromatic rings. The summed E-state index contributed by atoms with van der Waals surface area (Å²) >= 11 is 0. The molecule has 2 aliphatic rings. The number of amides is 2. The summed E-state index contributed by atoms with van der Waals surface area (Å²) in [5.74, 6) is 0.800. The minimum Gasteiger partial charge on any atom is -0.305 e. The molecule has 0 aromatic heterocycles. The zero-order chi connectivity index (χ0) is 13.1. The van der Waals surface area contributed by atoms with Crippen LogP contribution < -0.4 is 5.32 Å². The smallest absolute Gasteiger partial charge is 0.247 e. The summed E-state index contributed by atoms with van der Waals surface area (Å²) in [7, 11) is 0. The molecule has 1 saturated heterocycles. The highest BCUT2D eigenvalue weighted by molar-refractivity contribution is 6.05. The third-order valence-electron chi connectivity index (χ3n) is 4.38. The average molecular weight is 252 g/mol. The van der Waals surface area contributed by atoms with E-state index < -0.39 is 0 Å². The van der Waals surface area contributed by atoms with Gasteiger partial charge in [-0.05, 0) is 32.2 Å². The van der Waals surface area contributed by atoms with Crippen molar-refractivity contribution in [1.82, 2.24) is 10.2 Å². The molecule has 18 heavy (non-hydrogen) atoms. The highest BCUT2D eigenvalue weighted by atomic mass is 16.2. The van der Waals surface area contributed by atoms with Crippen LogP contribution >= 0.6 is 0 Å². The first-order valence-electron chi connectivity index (χ1n) is 7.22. The van der Waals surface area contributed by atoms with Crippen molar-refractivity contribution in [2.75, 3.05) is 6.54 Å². The summed E-state index contributed by atoms with van der Waals surface area (Å²) in [6.45, 7) is 4.80. The van der Waals surface area contributed by atoms with E-state index in [-0.39, 0.29) is 23.9 Å². The molecule has 2 amide bonds. The van der Waals surface area contributed by atoms with Crippen LogP contribution in [0.4, 0.5) is 0 Å². The van der Waals surface area contributed by atoms with Crippen LogP contribution in [0.2, 0.25) is 0 Å². The maximum Gasteiger partial charge on any atom is 0.247 e. The SMILES string of the molecule is CCC(C)N1C(=O)CC(NCCC2CCC2)C1=O. The lowest BCUT2D eigenvalue weighted by Gasteiger charge is -2.26. The van der Waals surface area contributed by atoms with Gasteiger partial charge in [-0.3, -0.25) is 14.5 Å². The summed E-state index contributed by atoms with van der Waals surface area (Å²) in [5, 5.41) is 3.26. The topological polar surface area (TPSA) is 49.4 Å². The molecule has 0 radical (unpaired) electrons. The quantitative estimate of drug-likeness (QED) is 0.732. The zero-order valence-corrected chi connectivity index (χ0v) is 11.4. The minimum atomic E-state index is -0.272. The van der Waals surface area contributed by atoms with Crippen molar-refractivity contribution in [1.29, 1.82) is 0 Å². The van der Waals surface area contributed by atoms with Crippen molar-refractivity contribution in [2.24, 2.45) is 5.92 Å². The van der Waals surface area contributed by atoms with E-state index in [1.807, 2.05) is 13.8 Å². The molecule has 2 unspecified atom stereocenters. The largest absolute Gasteiger partial charge is 0.305 e. The predicted molar refractivity (Wildman–Crippen MR) is 70.0 cm³/mol. The Morgan fingerprint density at radius 3 is 2.67 bits per heavy atom. The Morgan fingerprint density at radius 2 is 2.11 bits per heavy atom. The van der Waals surface area contributed by atoms with E-state index in [1.165, 1.54) is 24.2 Å². The van der Waals surface area contributed by atoms with Gasteiger partial charge in [-0.1, -0.05) is 26.2 Å². The van der Waals surface area contributed by atoms with Gasteiger partial charge in [0.05, 0.1) is 12.5 Å². The number of carbonyl (C=O) groups excluding carboxylic acids is 2. The molecule has 2 fully saturated rings. The van der Waals surface area contributed by atoms with Crippen molar-refractivity contribution in [3.63, 3.8) is 0 Å². The van der Waals surface area contributed by atoms with E-state index in [0.29, 0.717) is 6.42 Å². The number of imide groups is 1. The highest BCUT2D eigenvalue weighted by Crippen LogP contribution is 2.29. The minimum absolute atomic E-state index is 0.0181. The molecular formula is C14H24N2O2. The van der Waals surface area contributed by atoms with Gasteiger partial charge in [0.1, 0.15) is 0 Å². The van der Waals surface area contributed by atoms with Crippen LogP contribution in [0.5, 0.6) is 0 Å². The maximum atomic E-state index is 12.1. The van der Waals surface area contributed by atoms with Crippen LogP contribution in [0.15, 0.2) is 0 Å². The Labute approximate surface area is 109 Å². The Morgan fingerprint density at radius 1 is 1.39 bits per heavy atom. The summed E-state index contributed by atoms with van der Waals surface area (Å²) in [5.41, 5.74) is 0. The van der Waals surface area contributed by atoms with Crippen molar-refractivity contribution in [2.45, 2.75) is 64.5 Å². The number of hydrogen-bond acceptors (Lipinski definition) is 3. The van der Waals surface area contributed by atoms with Crippen LogP contribution in [0.25, 0.3) is 0 Å². The Balaban J connectivity index is 1.79. The second kappa shape index (κ2) is 5.83. The van der Waals surface area contributed by atoms with Crippen molar-refractivity contribution >= 4 is 11.8 Å². The normalized spacial score (nSPS) is 26.6. The van der Waals surface area contributed by atoms with E-state index >= 15 is 0 Å². The first-order valence-corrected chi connectivity index (χ1v) is 7.22. The lowest BCUT2D eigenvalue weighted by atomic mass is 9.83. The summed E-state index contributed by atoms with van der Waals surface area (Å²) < 4.78 is 0. The standard InChI is InChI=1S/C14H24N2O2/c1-3-10(2)16-13(17)9-12(14(16)18)15-8-7-11-5-4-6-11/h10-12,15H,3-9H2,1-2H3. The van der Waals surface area contributed by atoms with Crippen LogP contribution in [0, 0.1) is 5.92 Å². The fraction of sp³-hybridized carbons (Fsp3) is 0.857. The van der Waals surface area contributed by atoms with Gasteiger partial charge in [0.15, 0.2) is 0 Å². The van der Waals surface area contributed by atoms with Crippen LogP contribution in [-0.2, 0) is 9.59 Å². The van der Waals surface area contributed by atoms with Crippen molar-refractivity contribution < 1.29 is 9.59 Å². The van der Waals surface area contributed by atoms with Gasteiger partial charge in [0.2, 0.25) is 11.8 Å². The molecule has 102 valence electrons. The molecule has 1 aliphatic heterocycles. The molecule has 1 saturated carbocycles. The molecule has 4 nitrogen and oxygen atoms in total. The molecule has 1 N–H and O–H groups in total. The predicted octanol–water partition coefficient (Wildman–Crippen LogP) is 1.69. The van der Waals surface area contributed by atoms with E-state index in [2.05, 4.69) is 5.32 Å². The molecule has 2 rings (SSSR count). The highest BCUT2D eigenvalue weighted by Gasteiger charge is 2.40. The Bertz CT molecular complexity index is 326. The number of nitrogens with one attached hydrogen (secondary N) is 1. The van der Waals surface area contributed by atoms with Crippen LogP contribution in [0.3, 0.4) is 0 Å². The van der Waals surface area contributed by atoms with Gasteiger partial charge < -0.3 is 5.32 Å². The summed E-state index contributed by atoms with van der Waals surface area (Å²) in [6.07, 6.45) is 6.32. The molecule has 2 atom stereocenters. The van der Waals surface area contributed by atoms with Crippen molar-refractivity contribution in [3.8, 4) is 0 Å². The second-order valence-corrected chi connectivity index (χ2v) is 5.66. The lowest BCUT2D eigenvalue weighted by molar-refractivity contribution is -0.141. The first-order chi connectivity index (χ1) is 8.63. The molecule has 0 spiro atoms. The molecule has 4 heteroatoms. The summed E-state index contributed by atoms with van der Waals surface area (Å²) in [4.78, 5) is 25.4. The number of likely N-dealkylation sites (tertiary alicyclic amines) is 1. The third-order valence-corrected chi connectivity index (χ3v) is 4.38. The lowest BCUT2D eigenvalue weighted by Crippen LogP contribution is -2.43. The number of carbonyl (C=O) groups is 2. The summed E-state index contributed by atoms with van der Waals surface area (Å²) in [6, 6.07) is -0.241. The monoisotopic (exact) mass is 252 g/mol. The molecule has 1 aliphatic carbocycles. The molecular weight excluding hydrogens is 228 g/mol. The first kappa shape index (κ1) is 13.5. The van der Waals surface area contributed by atoms with Crippen LogP contribution in [-0.4, -0.2) is 35.3 Å². The zero-order valence-electron chi connectivity index (χ0n) is 11.4. The maximum absolute atomic E-state index is 12.1. The van der Waals surface area contributed by atoms with Crippen molar-refractivity contribution in [3.05, 3.63) is 0 Å². The van der Waals surface area contributed by atoms with Gasteiger partial charge in [0.25, 0.3) is 0 Å². The van der Waals surface area contributed by atoms with Gasteiger partial charge in [0, 0.05) is 6.04 Å². The third kappa shape index (κ3) is 2.74. The Kier molecular flexibility index (Phi) is 4.38. The number of hydrogen-bond donors (Lipinski definition) is 1. The van der Waals surface area contributed by atoms with Crippen LogP contribution in [0.1, 0.15) is 52.4 Å². The average Bonchev–Trinajstić information content (AvgIpc) is 2.57. The molecule has 0 bridgehead atoms. The molecule has 1 heterocycles. The molecule has 0 aromatic carbocycles. The van der Waals surface area contributed by atoms with Gasteiger partial charge in [-0.15, -0.1) is 0 Å². The van der Waals surface area contributed by atoms with Gasteiger partial charge >= 0.3 is 0 Å². The van der Waals surface area contributed by atoms with E-state index in [9.17, 15) is 9.59 Å². The van der Waals surface area contributed by atoms with E-state index in [1.54, 1.807) is 0 Å².